The Balaban J connectivity index is 1.96. The predicted octanol–water partition coefficient (Wildman–Crippen LogP) is 1.85. The van der Waals surface area contributed by atoms with E-state index in [4.69, 9.17) is 5.73 Å². The minimum absolute atomic E-state index is 0.0910. The van der Waals surface area contributed by atoms with Gasteiger partial charge in [0, 0.05) is 25.7 Å². The normalized spacial score (nSPS) is 20.0. The van der Waals surface area contributed by atoms with Gasteiger partial charge < -0.3 is 10.6 Å². The first kappa shape index (κ1) is 16.0. The standard InChI is InChI=1S/C17H27N3O/c1-3-19(12-15-8-5-4-6-9-15)13-16-10-7-11-20(16)17(21)14(2)18/h4-6,8-9,14,16H,3,7,10-13,18H2,1-2H3/t14-,16-/m0/s1. The van der Waals surface area contributed by atoms with Crippen LogP contribution in [0.2, 0.25) is 0 Å². The van der Waals surface area contributed by atoms with E-state index in [1.165, 1.54) is 5.56 Å². The number of hydrogen-bond acceptors (Lipinski definition) is 3. The van der Waals surface area contributed by atoms with Crippen LogP contribution >= 0.6 is 0 Å². The lowest BCUT2D eigenvalue weighted by Crippen LogP contribution is -2.48. The van der Waals surface area contributed by atoms with E-state index < -0.39 is 6.04 Å². The molecule has 116 valence electrons. The molecule has 1 fully saturated rings. The Bertz CT molecular complexity index is 447. The summed E-state index contributed by atoms with van der Waals surface area (Å²) in [7, 11) is 0. The van der Waals surface area contributed by atoms with E-state index in [2.05, 4.69) is 36.1 Å². The molecule has 1 aromatic rings. The van der Waals surface area contributed by atoms with E-state index in [1.807, 2.05) is 11.0 Å². The molecule has 4 nitrogen and oxygen atoms in total. The van der Waals surface area contributed by atoms with Crippen LogP contribution in [-0.4, -0.2) is 47.4 Å². The van der Waals surface area contributed by atoms with Crippen molar-refractivity contribution >= 4 is 5.91 Å². The maximum absolute atomic E-state index is 12.2. The molecule has 1 aliphatic rings. The molecule has 0 spiro atoms. The van der Waals surface area contributed by atoms with Gasteiger partial charge in [0.2, 0.25) is 5.91 Å². The lowest BCUT2D eigenvalue weighted by molar-refractivity contribution is -0.133. The molecule has 1 amide bonds. The van der Waals surface area contributed by atoms with Crippen molar-refractivity contribution in [2.24, 2.45) is 5.73 Å². The molecule has 0 radical (unpaired) electrons. The highest BCUT2D eigenvalue weighted by Crippen LogP contribution is 2.20. The van der Waals surface area contributed by atoms with Gasteiger partial charge >= 0.3 is 0 Å². The zero-order valence-corrected chi connectivity index (χ0v) is 13.2. The molecule has 0 saturated carbocycles. The molecule has 2 rings (SSSR count). The average molecular weight is 289 g/mol. The molecule has 1 heterocycles. The van der Waals surface area contributed by atoms with Crippen molar-refractivity contribution in [2.45, 2.75) is 45.3 Å². The Morgan fingerprint density at radius 1 is 1.43 bits per heavy atom. The summed E-state index contributed by atoms with van der Waals surface area (Å²) >= 11 is 0. The summed E-state index contributed by atoms with van der Waals surface area (Å²) in [6.07, 6.45) is 2.18. The van der Waals surface area contributed by atoms with Gasteiger partial charge in [-0.15, -0.1) is 0 Å². The second-order valence-electron chi connectivity index (χ2n) is 5.93. The third-order valence-electron chi connectivity index (χ3n) is 4.21. The number of amides is 1. The fourth-order valence-electron chi connectivity index (χ4n) is 3.02. The molecule has 21 heavy (non-hydrogen) atoms. The molecule has 4 heteroatoms. The molecule has 2 atom stereocenters. The highest BCUT2D eigenvalue weighted by atomic mass is 16.2. The first-order chi connectivity index (χ1) is 10.1. The van der Waals surface area contributed by atoms with E-state index in [9.17, 15) is 4.79 Å². The molecule has 0 aromatic heterocycles. The van der Waals surface area contributed by atoms with Crippen LogP contribution in [0, 0.1) is 0 Å². The number of likely N-dealkylation sites (N-methyl/N-ethyl adjacent to an activating group) is 1. The summed E-state index contributed by atoms with van der Waals surface area (Å²) in [5.41, 5.74) is 7.08. The fraction of sp³-hybridized carbons (Fsp3) is 0.588. The Labute approximate surface area is 127 Å². The molecule has 1 saturated heterocycles. The number of nitrogens with two attached hydrogens (primary N) is 1. The summed E-state index contributed by atoms with van der Waals surface area (Å²) in [4.78, 5) is 16.6. The second kappa shape index (κ2) is 7.57. The molecule has 0 aliphatic carbocycles. The van der Waals surface area contributed by atoms with E-state index >= 15 is 0 Å². The van der Waals surface area contributed by atoms with Gasteiger partial charge in [-0.1, -0.05) is 37.3 Å². The third-order valence-corrected chi connectivity index (χ3v) is 4.21. The number of benzene rings is 1. The minimum atomic E-state index is -0.394. The minimum Gasteiger partial charge on any atom is -0.337 e. The Hall–Kier alpha value is -1.39. The molecule has 0 unspecified atom stereocenters. The van der Waals surface area contributed by atoms with E-state index in [0.717, 1.165) is 39.0 Å². The number of carbonyl (C=O) groups excluding carboxylic acids is 1. The van der Waals surface area contributed by atoms with Gasteiger partial charge in [-0.2, -0.15) is 0 Å². The first-order valence-electron chi connectivity index (χ1n) is 7.94. The molecule has 2 N–H and O–H groups in total. The van der Waals surface area contributed by atoms with Gasteiger partial charge in [-0.05, 0) is 31.9 Å². The fourth-order valence-corrected chi connectivity index (χ4v) is 3.02. The number of rotatable bonds is 6. The molecule has 1 aliphatic heterocycles. The SMILES string of the molecule is CCN(Cc1ccccc1)C[C@@H]1CCCN1C(=O)[C@H](C)N. The smallest absolute Gasteiger partial charge is 0.239 e. The number of carbonyl (C=O) groups is 1. The summed E-state index contributed by atoms with van der Waals surface area (Å²) in [6, 6.07) is 10.4. The molecule has 1 aromatic carbocycles. The van der Waals surface area contributed by atoms with Crippen molar-refractivity contribution < 1.29 is 4.79 Å². The van der Waals surface area contributed by atoms with Gasteiger partial charge in [0.1, 0.15) is 0 Å². The van der Waals surface area contributed by atoms with Crippen LogP contribution in [0.3, 0.4) is 0 Å². The van der Waals surface area contributed by atoms with Gasteiger partial charge in [0.15, 0.2) is 0 Å². The largest absolute Gasteiger partial charge is 0.337 e. The summed E-state index contributed by atoms with van der Waals surface area (Å²) in [6.45, 7) is 7.67. The zero-order chi connectivity index (χ0) is 15.2. The first-order valence-corrected chi connectivity index (χ1v) is 7.94. The van der Waals surface area contributed by atoms with Crippen molar-refractivity contribution in [3.05, 3.63) is 35.9 Å². The summed E-state index contributed by atoms with van der Waals surface area (Å²) in [5, 5.41) is 0. The van der Waals surface area contributed by atoms with Crippen molar-refractivity contribution in [1.82, 2.24) is 9.80 Å². The number of likely N-dealkylation sites (tertiary alicyclic amines) is 1. The van der Waals surface area contributed by atoms with Crippen molar-refractivity contribution in [3.63, 3.8) is 0 Å². The lowest BCUT2D eigenvalue weighted by atomic mass is 10.1. The van der Waals surface area contributed by atoms with Gasteiger partial charge in [0.25, 0.3) is 0 Å². The highest BCUT2D eigenvalue weighted by Gasteiger charge is 2.31. The number of hydrogen-bond donors (Lipinski definition) is 1. The Kier molecular flexibility index (Phi) is 5.76. The van der Waals surface area contributed by atoms with Crippen molar-refractivity contribution in [1.29, 1.82) is 0 Å². The predicted molar refractivity (Wildman–Crippen MR) is 85.8 cm³/mol. The zero-order valence-electron chi connectivity index (χ0n) is 13.2. The van der Waals surface area contributed by atoms with E-state index in [1.54, 1.807) is 6.92 Å². The lowest BCUT2D eigenvalue weighted by Gasteiger charge is -2.31. The third kappa shape index (κ3) is 4.29. The average Bonchev–Trinajstić information content (AvgIpc) is 2.94. The van der Waals surface area contributed by atoms with Crippen LogP contribution in [0.15, 0.2) is 30.3 Å². The van der Waals surface area contributed by atoms with Crippen molar-refractivity contribution in [3.8, 4) is 0 Å². The summed E-state index contributed by atoms with van der Waals surface area (Å²) in [5.74, 6) is 0.0910. The summed E-state index contributed by atoms with van der Waals surface area (Å²) < 4.78 is 0. The number of nitrogens with zero attached hydrogens (tertiary/aromatic N) is 2. The van der Waals surface area contributed by atoms with Gasteiger partial charge in [-0.25, -0.2) is 0 Å². The second-order valence-corrected chi connectivity index (χ2v) is 5.93. The van der Waals surface area contributed by atoms with Crippen LogP contribution < -0.4 is 5.73 Å². The van der Waals surface area contributed by atoms with Crippen LogP contribution in [-0.2, 0) is 11.3 Å². The Morgan fingerprint density at radius 3 is 2.76 bits per heavy atom. The molecular formula is C17H27N3O. The van der Waals surface area contributed by atoms with Crippen LogP contribution in [0.4, 0.5) is 0 Å². The molecular weight excluding hydrogens is 262 g/mol. The monoisotopic (exact) mass is 289 g/mol. The van der Waals surface area contributed by atoms with E-state index in [0.29, 0.717) is 6.04 Å². The molecule has 0 bridgehead atoms. The Morgan fingerprint density at radius 2 is 2.14 bits per heavy atom. The van der Waals surface area contributed by atoms with E-state index in [-0.39, 0.29) is 5.91 Å². The maximum atomic E-state index is 12.2. The maximum Gasteiger partial charge on any atom is 0.239 e. The van der Waals surface area contributed by atoms with Crippen molar-refractivity contribution in [2.75, 3.05) is 19.6 Å². The highest BCUT2D eigenvalue weighted by molar-refractivity contribution is 5.81. The van der Waals surface area contributed by atoms with Crippen LogP contribution in [0.25, 0.3) is 0 Å². The topological polar surface area (TPSA) is 49.6 Å². The van der Waals surface area contributed by atoms with Crippen LogP contribution in [0.5, 0.6) is 0 Å². The van der Waals surface area contributed by atoms with Gasteiger partial charge in [-0.3, -0.25) is 9.69 Å². The van der Waals surface area contributed by atoms with Gasteiger partial charge in [0.05, 0.1) is 6.04 Å². The van der Waals surface area contributed by atoms with Crippen LogP contribution in [0.1, 0.15) is 32.3 Å². The quantitative estimate of drug-likeness (QED) is 0.869.